The zero-order chi connectivity index (χ0) is 21.2. The molecular formula is C25H24N4O2. The van der Waals surface area contributed by atoms with Crippen LogP contribution in [0, 0.1) is 6.92 Å². The van der Waals surface area contributed by atoms with Crippen molar-refractivity contribution in [2.45, 2.75) is 20.0 Å². The summed E-state index contributed by atoms with van der Waals surface area (Å²) in [5.74, 6) is 1.59. The van der Waals surface area contributed by atoms with Gasteiger partial charge in [-0.2, -0.15) is 0 Å². The average Bonchev–Trinajstić information content (AvgIpc) is 3.17. The first-order valence-corrected chi connectivity index (χ1v) is 10.4. The van der Waals surface area contributed by atoms with E-state index in [1.807, 2.05) is 49.4 Å². The Bertz CT molecular complexity index is 1230. The average molecular weight is 412 g/mol. The quantitative estimate of drug-likeness (QED) is 0.528. The van der Waals surface area contributed by atoms with Gasteiger partial charge < -0.3 is 19.5 Å². The maximum absolute atomic E-state index is 12.3. The minimum Gasteiger partial charge on any atom is -0.484 e. The van der Waals surface area contributed by atoms with E-state index in [-0.39, 0.29) is 12.5 Å². The summed E-state index contributed by atoms with van der Waals surface area (Å²) in [5.41, 5.74) is 5.20. The topological polar surface area (TPSA) is 59.4 Å². The number of carbonyl (C=O) groups excluding carboxylic acids is 1. The number of para-hydroxylation sites is 3. The molecule has 31 heavy (non-hydrogen) atoms. The summed E-state index contributed by atoms with van der Waals surface area (Å²) >= 11 is 0. The molecule has 0 bridgehead atoms. The van der Waals surface area contributed by atoms with Gasteiger partial charge in [-0.1, -0.05) is 30.3 Å². The zero-order valence-corrected chi connectivity index (χ0v) is 17.4. The standard InChI is InChI=1S/C25H24N4O2/c1-18-15-19(11-12-21(18)27-25(30)17-31-20-7-3-2-4-8-20)28-13-14-29-23-10-6-5-9-22(23)26-24(29)16-28/h2-12,15H,13-14,16-17H2,1H3,(H,27,30). The van der Waals surface area contributed by atoms with E-state index in [1.54, 1.807) is 0 Å². The van der Waals surface area contributed by atoms with Gasteiger partial charge in [0.15, 0.2) is 6.61 Å². The summed E-state index contributed by atoms with van der Waals surface area (Å²) in [6.07, 6.45) is 0. The largest absolute Gasteiger partial charge is 0.484 e. The minimum atomic E-state index is -0.175. The van der Waals surface area contributed by atoms with Crippen molar-refractivity contribution in [3.05, 3.63) is 84.2 Å². The number of aryl methyl sites for hydroxylation is 1. The number of hydrogen-bond acceptors (Lipinski definition) is 4. The van der Waals surface area contributed by atoms with Gasteiger partial charge in [-0.15, -0.1) is 0 Å². The molecular weight excluding hydrogens is 388 g/mol. The Kier molecular flexibility index (Phi) is 5.04. The van der Waals surface area contributed by atoms with Gasteiger partial charge in [0.25, 0.3) is 5.91 Å². The maximum Gasteiger partial charge on any atom is 0.262 e. The van der Waals surface area contributed by atoms with Gasteiger partial charge in [0.2, 0.25) is 0 Å². The molecule has 0 saturated heterocycles. The second-order valence-corrected chi connectivity index (χ2v) is 7.74. The number of ether oxygens (including phenoxy) is 1. The summed E-state index contributed by atoms with van der Waals surface area (Å²) in [4.78, 5) is 19.4. The van der Waals surface area contributed by atoms with Crippen molar-refractivity contribution in [1.82, 2.24) is 9.55 Å². The molecule has 0 spiro atoms. The molecule has 1 N–H and O–H groups in total. The van der Waals surface area contributed by atoms with Crippen molar-refractivity contribution < 1.29 is 9.53 Å². The summed E-state index contributed by atoms with van der Waals surface area (Å²) in [6, 6.07) is 23.8. The van der Waals surface area contributed by atoms with Crippen LogP contribution in [-0.2, 0) is 17.9 Å². The molecule has 3 aromatic carbocycles. The van der Waals surface area contributed by atoms with Crippen LogP contribution in [0.15, 0.2) is 72.8 Å². The first kappa shape index (κ1) is 19.2. The number of carbonyl (C=O) groups is 1. The van der Waals surface area contributed by atoms with Gasteiger partial charge in [-0.05, 0) is 55.0 Å². The molecule has 2 heterocycles. The normalized spacial score (nSPS) is 13.1. The van der Waals surface area contributed by atoms with Crippen molar-refractivity contribution in [2.24, 2.45) is 0 Å². The Morgan fingerprint density at radius 1 is 1.03 bits per heavy atom. The van der Waals surface area contributed by atoms with E-state index < -0.39 is 0 Å². The van der Waals surface area contributed by atoms with Crippen molar-refractivity contribution >= 4 is 28.3 Å². The number of hydrogen-bond donors (Lipinski definition) is 1. The molecule has 156 valence electrons. The van der Waals surface area contributed by atoms with Crippen LogP contribution in [0.2, 0.25) is 0 Å². The lowest BCUT2D eigenvalue weighted by atomic mass is 10.1. The predicted molar refractivity (Wildman–Crippen MR) is 123 cm³/mol. The molecule has 0 aliphatic carbocycles. The number of anilines is 2. The Labute approximate surface area is 181 Å². The van der Waals surface area contributed by atoms with E-state index in [0.717, 1.165) is 47.9 Å². The van der Waals surface area contributed by atoms with Gasteiger partial charge >= 0.3 is 0 Å². The van der Waals surface area contributed by atoms with E-state index in [4.69, 9.17) is 9.72 Å². The Morgan fingerprint density at radius 3 is 2.68 bits per heavy atom. The van der Waals surface area contributed by atoms with Crippen molar-refractivity contribution in [3.63, 3.8) is 0 Å². The lowest BCUT2D eigenvalue weighted by molar-refractivity contribution is -0.118. The van der Waals surface area contributed by atoms with Crippen LogP contribution in [0.1, 0.15) is 11.4 Å². The molecule has 0 fully saturated rings. The number of fused-ring (bicyclic) bond motifs is 3. The second kappa shape index (κ2) is 8.14. The second-order valence-electron chi connectivity index (χ2n) is 7.74. The Balaban J connectivity index is 1.25. The molecule has 1 aliphatic rings. The first-order chi connectivity index (χ1) is 15.2. The van der Waals surface area contributed by atoms with E-state index in [1.165, 1.54) is 5.52 Å². The van der Waals surface area contributed by atoms with E-state index in [0.29, 0.717) is 5.75 Å². The van der Waals surface area contributed by atoms with Crippen LogP contribution >= 0.6 is 0 Å². The fourth-order valence-corrected chi connectivity index (χ4v) is 4.02. The van der Waals surface area contributed by atoms with Crippen LogP contribution in [0.4, 0.5) is 11.4 Å². The van der Waals surface area contributed by atoms with E-state index >= 15 is 0 Å². The van der Waals surface area contributed by atoms with Crippen molar-refractivity contribution in [1.29, 1.82) is 0 Å². The van der Waals surface area contributed by atoms with E-state index in [2.05, 4.69) is 45.1 Å². The first-order valence-electron chi connectivity index (χ1n) is 10.4. The van der Waals surface area contributed by atoms with Gasteiger partial charge in [0.1, 0.15) is 11.6 Å². The molecule has 6 heteroatoms. The monoisotopic (exact) mass is 412 g/mol. The molecule has 0 saturated carbocycles. The zero-order valence-electron chi connectivity index (χ0n) is 17.4. The van der Waals surface area contributed by atoms with Crippen LogP contribution in [0.5, 0.6) is 5.75 Å². The molecule has 6 nitrogen and oxygen atoms in total. The molecule has 0 radical (unpaired) electrons. The summed E-state index contributed by atoms with van der Waals surface area (Å²) in [7, 11) is 0. The van der Waals surface area contributed by atoms with Crippen molar-refractivity contribution in [2.75, 3.05) is 23.4 Å². The van der Waals surface area contributed by atoms with Gasteiger partial charge in [-0.25, -0.2) is 4.98 Å². The summed E-state index contributed by atoms with van der Waals surface area (Å²) < 4.78 is 7.83. The highest BCUT2D eigenvalue weighted by Crippen LogP contribution is 2.27. The number of rotatable bonds is 5. The third-order valence-electron chi connectivity index (χ3n) is 5.62. The van der Waals surface area contributed by atoms with Crippen LogP contribution in [-0.4, -0.2) is 28.6 Å². The summed E-state index contributed by atoms with van der Waals surface area (Å²) in [6.45, 7) is 4.59. The Morgan fingerprint density at radius 2 is 1.84 bits per heavy atom. The molecule has 0 unspecified atom stereocenters. The van der Waals surface area contributed by atoms with Gasteiger partial charge in [0, 0.05) is 24.5 Å². The highest BCUT2D eigenvalue weighted by atomic mass is 16.5. The fraction of sp³-hybridized carbons (Fsp3) is 0.200. The number of benzene rings is 3. The number of nitrogens with one attached hydrogen (secondary N) is 1. The van der Waals surface area contributed by atoms with Gasteiger partial charge in [-0.3, -0.25) is 4.79 Å². The molecule has 4 aromatic rings. The highest BCUT2D eigenvalue weighted by Gasteiger charge is 2.20. The SMILES string of the molecule is Cc1cc(N2CCn3c(nc4ccccc43)C2)ccc1NC(=O)COc1ccccc1. The highest BCUT2D eigenvalue weighted by molar-refractivity contribution is 5.92. The summed E-state index contributed by atoms with van der Waals surface area (Å²) in [5, 5.41) is 2.95. The molecule has 0 atom stereocenters. The minimum absolute atomic E-state index is 0.0203. The Hall–Kier alpha value is -3.80. The number of imidazole rings is 1. The predicted octanol–water partition coefficient (Wildman–Crippen LogP) is 4.38. The van der Waals surface area contributed by atoms with Crippen molar-refractivity contribution in [3.8, 4) is 5.75 Å². The third kappa shape index (κ3) is 3.97. The van der Waals surface area contributed by atoms with Crippen LogP contribution in [0.3, 0.4) is 0 Å². The molecule has 1 amide bonds. The smallest absolute Gasteiger partial charge is 0.262 e. The number of amides is 1. The fourth-order valence-electron chi connectivity index (χ4n) is 4.02. The lowest BCUT2D eigenvalue weighted by Gasteiger charge is -2.30. The maximum atomic E-state index is 12.3. The lowest BCUT2D eigenvalue weighted by Crippen LogP contribution is -2.33. The third-order valence-corrected chi connectivity index (χ3v) is 5.62. The molecule has 1 aliphatic heterocycles. The number of nitrogens with zero attached hydrogens (tertiary/aromatic N) is 3. The van der Waals surface area contributed by atoms with Crippen LogP contribution < -0.4 is 15.0 Å². The number of aromatic nitrogens is 2. The molecule has 5 rings (SSSR count). The van der Waals surface area contributed by atoms with Crippen LogP contribution in [0.25, 0.3) is 11.0 Å². The van der Waals surface area contributed by atoms with E-state index in [9.17, 15) is 4.79 Å². The van der Waals surface area contributed by atoms with Gasteiger partial charge in [0.05, 0.1) is 17.6 Å². The molecule has 1 aromatic heterocycles.